The summed E-state index contributed by atoms with van der Waals surface area (Å²) in [7, 11) is 0. The molecule has 0 aromatic heterocycles. The second-order valence-electron chi connectivity index (χ2n) is 6.32. The van der Waals surface area contributed by atoms with E-state index < -0.39 is 0 Å². The van der Waals surface area contributed by atoms with Crippen LogP contribution in [0.3, 0.4) is 0 Å². The fourth-order valence-corrected chi connectivity index (χ4v) is 3.68. The summed E-state index contributed by atoms with van der Waals surface area (Å²) < 4.78 is 0. The third kappa shape index (κ3) is 7.07. The molecule has 27 heavy (non-hydrogen) atoms. The average molecular weight is 386 g/mol. The third-order valence-corrected chi connectivity index (χ3v) is 5.16. The van der Waals surface area contributed by atoms with E-state index in [0.29, 0.717) is 19.6 Å². The molecule has 144 valence electrons. The van der Waals surface area contributed by atoms with Crippen LogP contribution in [0.15, 0.2) is 59.5 Å². The highest BCUT2D eigenvalue weighted by Gasteiger charge is 2.21. The normalized spacial score (nSPS) is 11.7. The van der Waals surface area contributed by atoms with E-state index in [1.165, 1.54) is 24.2 Å². The molecule has 0 spiro atoms. The van der Waals surface area contributed by atoms with Gasteiger partial charge in [-0.05, 0) is 43.2 Å². The van der Waals surface area contributed by atoms with Gasteiger partial charge in [0.2, 0.25) is 11.8 Å². The van der Waals surface area contributed by atoms with Gasteiger partial charge in [0, 0.05) is 37.1 Å². The number of hydrogen-bond acceptors (Lipinski definition) is 4. The van der Waals surface area contributed by atoms with Crippen LogP contribution >= 0.6 is 11.8 Å². The van der Waals surface area contributed by atoms with Crippen molar-refractivity contribution >= 4 is 29.3 Å². The van der Waals surface area contributed by atoms with Crippen molar-refractivity contribution in [3.05, 3.63) is 60.2 Å². The average Bonchev–Trinajstić information content (AvgIpc) is 2.66. The molecule has 2 rings (SSSR count). The first kappa shape index (κ1) is 21.0. The highest BCUT2D eigenvalue weighted by atomic mass is 32.2. The Morgan fingerprint density at radius 3 is 2.33 bits per heavy atom. The van der Waals surface area contributed by atoms with Gasteiger partial charge < -0.3 is 16.0 Å². The zero-order valence-electron chi connectivity index (χ0n) is 15.9. The first-order valence-electron chi connectivity index (χ1n) is 9.06. The number of amides is 2. The van der Waals surface area contributed by atoms with Gasteiger partial charge in [-0.1, -0.05) is 30.3 Å². The van der Waals surface area contributed by atoms with Crippen molar-refractivity contribution in [3.63, 3.8) is 0 Å². The molecule has 0 bridgehead atoms. The summed E-state index contributed by atoms with van der Waals surface area (Å²) in [5.74, 6) is -0.0119. The monoisotopic (exact) mass is 385 g/mol. The largest absolute Gasteiger partial charge is 0.340 e. The molecule has 0 saturated carbocycles. The molecule has 0 aliphatic rings. The number of nitrogens with zero attached hydrogens (tertiary/aromatic N) is 1. The molecule has 3 N–H and O–H groups in total. The van der Waals surface area contributed by atoms with Crippen molar-refractivity contribution < 1.29 is 9.59 Å². The van der Waals surface area contributed by atoms with Gasteiger partial charge in [-0.25, -0.2) is 0 Å². The number of nitrogens with one attached hydrogen (secondary N) is 1. The lowest BCUT2D eigenvalue weighted by Gasteiger charge is -2.25. The van der Waals surface area contributed by atoms with Crippen molar-refractivity contribution in [1.29, 1.82) is 0 Å². The van der Waals surface area contributed by atoms with Crippen molar-refractivity contribution in [2.75, 3.05) is 25.0 Å². The van der Waals surface area contributed by atoms with Crippen LogP contribution in [-0.2, 0) is 16.0 Å². The van der Waals surface area contributed by atoms with Crippen molar-refractivity contribution in [3.8, 4) is 0 Å². The minimum Gasteiger partial charge on any atom is -0.340 e. The maximum absolute atomic E-state index is 12.9. The van der Waals surface area contributed by atoms with E-state index >= 15 is 0 Å². The zero-order chi connectivity index (χ0) is 19.6. The summed E-state index contributed by atoms with van der Waals surface area (Å²) in [4.78, 5) is 26.8. The van der Waals surface area contributed by atoms with E-state index in [2.05, 4.69) is 17.4 Å². The number of anilines is 1. The van der Waals surface area contributed by atoms with E-state index in [9.17, 15) is 9.59 Å². The summed E-state index contributed by atoms with van der Waals surface area (Å²) >= 11 is 1.51. The predicted octanol–water partition coefficient (Wildman–Crippen LogP) is 3.16. The number of hydrogen-bond donors (Lipinski definition) is 2. The molecule has 2 amide bonds. The molecule has 0 fully saturated rings. The fraction of sp³-hybridized carbons (Fsp3) is 0.333. The van der Waals surface area contributed by atoms with Gasteiger partial charge in [-0.15, -0.1) is 11.8 Å². The van der Waals surface area contributed by atoms with E-state index in [1.807, 2.05) is 54.3 Å². The maximum Gasteiger partial charge on any atom is 0.235 e. The second kappa shape index (κ2) is 10.7. The van der Waals surface area contributed by atoms with E-state index in [4.69, 9.17) is 5.73 Å². The Morgan fingerprint density at radius 1 is 1.07 bits per heavy atom. The van der Waals surface area contributed by atoms with Crippen molar-refractivity contribution in [1.82, 2.24) is 4.90 Å². The van der Waals surface area contributed by atoms with Crippen LogP contribution in [0.25, 0.3) is 0 Å². The summed E-state index contributed by atoms with van der Waals surface area (Å²) in [6, 6.07) is 17.7. The molecular formula is C21H27N3O2S. The molecule has 2 aromatic rings. The second-order valence-corrected chi connectivity index (χ2v) is 7.73. The first-order valence-corrected chi connectivity index (χ1v) is 9.94. The van der Waals surface area contributed by atoms with Crippen LogP contribution in [0.2, 0.25) is 0 Å². The Kier molecular flexibility index (Phi) is 8.36. The van der Waals surface area contributed by atoms with Crippen molar-refractivity contribution in [2.24, 2.45) is 5.73 Å². The van der Waals surface area contributed by atoms with E-state index in [0.717, 1.165) is 17.0 Å². The van der Waals surface area contributed by atoms with Crippen LogP contribution in [0.5, 0.6) is 0 Å². The highest BCUT2D eigenvalue weighted by molar-refractivity contribution is 8.00. The van der Waals surface area contributed by atoms with Gasteiger partial charge in [0.05, 0.1) is 5.25 Å². The molecule has 5 nitrogen and oxygen atoms in total. The Balaban J connectivity index is 1.94. The Morgan fingerprint density at radius 2 is 1.74 bits per heavy atom. The van der Waals surface area contributed by atoms with Gasteiger partial charge in [0.25, 0.3) is 0 Å². The smallest absolute Gasteiger partial charge is 0.235 e. The molecule has 6 heteroatoms. The number of nitrogens with two attached hydrogens (primary N) is 1. The molecule has 0 radical (unpaired) electrons. The maximum atomic E-state index is 12.9. The van der Waals surface area contributed by atoms with Crippen LogP contribution < -0.4 is 11.1 Å². The van der Waals surface area contributed by atoms with E-state index in [-0.39, 0.29) is 17.1 Å². The predicted molar refractivity (Wildman–Crippen MR) is 112 cm³/mol. The summed E-state index contributed by atoms with van der Waals surface area (Å²) in [5, 5.41) is 2.53. The van der Waals surface area contributed by atoms with E-state index in [1.54, 1.807) is 0 Å². The van der Waals surface area contributed by atoms with Crippen LogP contribution in [0, 0.1) is 0 Å². The Labute approximate surface area is 165 Å². The zero-order valence-corrected chi connectivity index (χ0v) is 16.7. The number of benzene rings is 2. The van der Waals surface area contributed by atoms with Gasteiger partial charge in [-0.3, -0.25) is 9.59 Å². The standard InChI is InChI=1S/C21H27N3O2S/c1-16(27-20-10-8-19(9-11-20)23-17(2)25)21(26)24(15-13-22)14-12-18-6-4-3-5-7-18/h3-11,16H,12-15,22H2,1-2H3,(H,23,25). The summed E-state index contributed by atoms with van der Waals surface area (Å²) in [6.45, 7) is 5.05. The van der Waals surface area contributed by atoms with Crippen LogP contribution in [0.1, 0.15) is 19.4 Å². The molecule has 0 aliphatic carbocycles. The Bertz CT molecular complexity index is 735. The molecule has 2 aromatic carbocycles. The lowest BCUT2D eigenvalue weighted by Crippen LogP contribution is -2.41. The molecule has 0 aliphatic heterocycles. The molecule has 0 saturated heterocycles. The topological polar surface area (TPSA) is 75.4 Å². The quantitative estimate of drug-likeness (QED) is 0.650. The number of carbonyl (C=O) groups is 2. The van der Waals surface area contributed by atoms with Gasteiger partial charge in [-0.2, -0.15) is 0 Å². The minimum absolute atomic E-state index is 0.0901. The number of rotatable bonds is 9. The molecular weight excluding hydrogens is 358 g/mol. The third-order valence-electron chi connectivity index (χ3n) is 4.06. The fourth-order valence-electron chi connectivity index (χ4n) is 2.73. The Hall–Kier alpha value is -2.31. The summed E-state index contributed by atoms with van der Waals surface area (Å²) in [6.07, 6.45) is 0.815. The SMILES string of the molecule is CC(=O)Nc1ccc(SC(C)C(=O)N(CCN)CCc2ccccc2)cc1. The first-order chi connectivity index (χ1) is 13.0. The number of carbonyl (C=O) groups excluding carboxylic acids is 2. The van der Waals surface area contributed by atoms with Crippen molar-refractivity contribution in [2.45, 2.75) is 30.4 Å². The molecule has 1 atom stereocenters. The van der Waals surface area contributed by atoms with Crippen LogP contribution in [0.4, 0.5) is 5.69 Å². The molecule has 0 heterocycles. The molecule has 1 unspecified atom stereocenters. The van der Waals surface area contributed by atoms with Gasteiger partial charge in [0.1, 0.15) is 0 Å². The lowest BCUT2D eigenvalue weighted by atomic mass is 10.1. The lowest BCUT2D eigenvalue weighted by molar-refractivity contribution is -0.130. The van der Waals surface area contributed by atoms with Gasteiger partial charge >= 0.3 is 0 Å². The van der Waals surface area contributed by atoms with Crippen LogP contribution in [-0.4, -0.2) is 41.6 Å². The highest BCUT2D eigenvalue weighted by Crippen LogP contribution is 2.26. The minimum atomic E-state index is -0.209. The van der Waals surface area contributed by atoms with Gasteiger partial charge in [0.15, 0.2) is 0 Å². The number of thioether (sulfide) groups is 1. The summed E-state index contributed by atoms with van der Waals surface area (Å²) in [5.41, 5.74) is 7.67.